The number of hydrogen-bond donors (Lipinski definition) is 2. The van der Waals surface area contributed by atoms with Gasteiger partial charge in [-0.05, 0) is 38.6 Å². The van der Waals surface area contributed by atoms with Crippen molar-refractivity contribution in [2.75, 3.05) is 14.2 Å². The van der Waals surface area contributed by atoms with Gasteiger partial charge in [-0.2, -0.15) is 0 Å². The summed E-state index contributed by atoms with van der Waals surface area (Å²) in [5, 5.41) is 3.27. The number of hydrogen-bond acceptors (Lipinski definition) is 4. The molecule has 0 aliphatic heterocycles. The second-order valence-corrected chi connectivity index (χ2v) is 6.27. The van der Waals surface area contributed by atoms with Crippen LogP contribution in [0.1, 0.15) is 20.3 Å². The van der Waals surface area contributed by atoms with Crippen molar-refractivity contribution in [3.8, 4) is 5.75 Å². The number of primary amides is 1. The van der Waals surface area contributed by atoms with Crippen molar-refractivity contribution in [2.45, 2.75) is 36.0 Å². The third-order valence-electron chi connectivity index (χ3n) is 3.17. The van der Waals surface area contributed by atoms with Crippen molar-refractivity contribution in [1.29, 1.82) is 0 Å². The van der Waals surface area contributed by atoms with Gasteiger partial charge in [0.25, 0.3) is 0 Å². The van der Waals surface area contributed by atoms with E-state index in [1.807, 2.05) is 31.2 Å². The van der Waals surface area contributed by atoms with Gasteiger partial charge in [0.2, 0.25) is 5.91 Å². The van der Waals surface area contributed by atoms with Gasteiger partial charge < -0.3 is 15.8 Å². The highest BCUT2D eigenvalue weighted by Gasteiger charge is 2.31. The van der Waals surface area contributed by atoms with Gasteiger partial charge in [-0.25, -0.2) is 0 Å². The Bertz CT molecular complexity index is 439. The van der Waals surface area contributed by atoms with Crippen molar-refractivity contribution in [2.24, 2.45) is 5.73 Å². The minimum absolute atomic E-state index is 0.261. The lowest BCUT2D eigenvalue weighted by Crippen LogP contribution is -2.52. The van der Waals surface area contributed by atoms with Gasteiger partial charge in [-0.3, -0.25) is 4.79 Å². The first-order valence-corrected chi connectivity index (χ1v) is 7.09. The van der Waals surface area contributed by atoms with Crippen LogP contribution in [0.2, 0.25) is 0 Å². The van der Waals surface area contributed by atoms with E-state index in [9.17, 15) is 4.79 Å². The first-order chi connectivity index (χ1) is 8.91. The molecular weight excluding hydrogens is 260 g/mol. The van der Waals surface area contributed by atoms with E-state index in [2.05, 4.69) is 12.2 Å². The summed E-state index contributed by atoms with van der Waals surface area (Å²) < 4.78 is 5.20. The lowest BCUT2D eigenvalue weighted by atomic mass is 9.95. The van der Waals surface area contributed by atoms with Gasteiger partial charge in [0.1, 0.15) is 5.75 Å². The monoisotopic (exact) mass is 282 g/mol. The average molecular weight is 282 g/mol. The van der Waals surface area contributed by atoms with Gasteiger partial charge in [0.15, 0.2) is 0 Å². The van der Waals surface area contributed by atoms with E-state index in [-0.39, 0.29) is 11.2 Å². The molecule has 3 N–H and O–H groups in total. The van der Waals surface area contributed by atoms with Crippen molar-refractivity contribution in [1.82, 2.24) is 5.32 Å². The topological polar surface area (TPSA) is 64.3 Å². The number of carbonyl (C=O) groups is 1. The zero-order valence-electron chi connectivity index (χ0n) is 11.9. The Kier molecular flexibility index (Phi) is 5.69. The molecule has 0 aliphatic rings. The maximum Gasteiger partial charge on any atom is 0.237 e. The molecule has 2 unspecified atom stereocenters. The molecule has 0 spiro atoms. The van der Waals surface area contributed by atoms with E-state index in [0.29, 0.717) is 6.42 Å². The first-order valence-electron chi connectivity index (χ1n) is 6.21. The Hall–Kier alpha value is -1.20. The number of nitrogens with one attached hydrogen (secondary N) is 1. The zero-order valence-corrected chi connectivity index (χ0v) is 12.7. The number of nitrogens with two attached hydrogens (primary N) is 1. The van der Waals surface area contributed by atoms with Crippen LogP contribution in [0.4, 0.5) is 0 Å². The van der Waals surface area contributed by atoms with Gasteiger partial charge in [0, 0.05) is 10.1 Å². The van der Waals surface area contributed by atoms with Crippen molar-refractivity contribution in [3.05, 3.63) is 24.3 Å². The standard InChI is InChI=1S/C14H22N2O2S/c1-10(9-14(2,16-3)13(15)17)19-12-7-5-6-11(8-12)18-4/h5-8,10,16H,9H2,1-4H3,(H2,15,17). The van der Waals surface area contributed by atoms with Crippen molar-refractivity contribution < 1.29 is 9.53 Å². The van der Waals surface area contributed by atoms with Gasteiger partial charge >= 0.3 is 0 Å². The summed E-state index contributed by atoms with van der Waals surface area (Å²) >= 11 is 1.70. The fourth-order valence-electron chi connectivity index (χ4n) is 1.85. The molecule has 4 nitrogen and oxygen atoms in total. The second-order valence-electron chi connectivity index (χ2n) is 4.76. The Morgan fingerprint density at radius 1 is 1.58 bits per heavy atom. The molecule has 0 bridgehead atoms. The third kappa shape index (κ3) is 4.44. The predicted octanol–water partition coefficient (Wildman–Crippen LogP) is 2.03. The summed E-state index contributed by atoms with van der Waals surface area (Å²) in [7, 11) is 3.41. The van der Waals surface area contributed by atoms with Crippen molar-refractivity contribution in [3.63, 3.8) is 0 Å². The van der Waals surface area contributed by atoms with Gasteiger partial charge in [-0.15, -0.1) is 11.8 Å². The normalized spacial score (nSPS) is 15.6. The van der Waals surface area contributed by atoms with Crippen LogP contribution >= 0.6 is 11.8 Å². The number of ether oxygens (including phenoxy) is 1. The molecule has 1 aromatic rings. The fourth-order valence-corrected chi connectivity index (χ4v) is 3.07. The second kappa shape index (κ2) is 6.82. The van der Waals surface area contributed by atoms with Gasteiger partial charge in [0.05, 0.1) is 12.6 Å². The Morgan fingerprint density at radius 2 is 2.26 bits per heavy atom. The molecule has 1 rings (SSSR count). The number of methoxy groups -OCH3 is 1. The maximum absolute atomic E-state index is 11.5. The van der Waals surface area contributed by atoms with Crippen LogP contribution < -0.4 is 15.8 Å². The van der Waals surface area contributed by atoms with E-state index in [1.54, 1.807) is 25.9 Å². The van der Waals surface area contributed by atoms with Crippen LogP contribution in [0.5, 0.6) is 5.75 Å². The summed E-state index contributed by atoms with van der Waals surface area (Å²) in [4.78, 5) is 12.6. The molecule has 0 aliphatic carbocycles. The van der Waals surface area contributed by atoms with Crippen LogP contribution in [0, 0.1) is 0 Å². The molecule has 1 amide bonds. The molecule has 0 radical (unpaired) electrons. The number of amides is 1. The molecule has 106 valence electrons. The maximum atomic E-state index is 11.5. The highest BCUT2D eigenvalue weighted by Crippen LogP contribution is 2.30. The molecule has 0 heterocycles. The lowest BCUT2D eigenvalue weighted by molar-refractivity contribution is -0.123. The van der Waals surface area contributed by atoms with E-state index in [1.165, 1.54) is 0 Å². The molecule has 2 atom stereocenters. The zero-order chi connectivity index (χ0) is 14.5. The number of carbonyl (C=O) groups excluding carboxylic acids is 1. The summed E-state index contributed by atoms with van der Waals surface area (Å²) in [5.74, 6) is 0.511. The number of rotatable bonds is 7. The predicted molar refractivity (Wildman–Crippen MR) is 79.6 cm³/mol. The van der Waals surface area contributed by atoms with Crippen LogP contribution in [-0.4, -0.2) is 30.9 Å². The van der Waals surface area contributed by atoms with E-state index < -0.39 is 5.54 Å². The Morgan fingerprint density at radius 3 is 2.79 bits per heavy atom. The molecule has 19 heavy (non-hydrogen) atoms. The molecular formula is C14H22N2O2S. The molecule has 0 saturated carbocycles. The SMILES string of the molecule is CNC(C)(CC(C)Sc1cccc(OC)c1)C(N)=O. The molecule has 0 fully saturated rings. The fraction of sp³-hybridized carbons (Fsp3) is 0.500. The smallest absolute Gasteiger partial charge is 0.237 e. The van der Waals surface area contributed by atoms with Crippen LogP contribution in [0.25, 0.3) is 0 Å². The van der Waals surface area contributed by atoms with Crippen molar-refractivity contribution >= 4 is 17.7 Å². The lowest BCUT2D eigenvalue weighted by Gasteiger charge is -2.28. The highest BCUT2D eigenvalue weighted by atomic mass is 32.2. The average Bonchev–Trinajstić information content (AvgIpc) is 2.38. The Balaban J connectivity index is 2.69. The number of thioether (sulfide) groups is 1. The quantitative estimate of drug-likeness (QED) is 0.751. The number of benzene rings is 1. The number of likely N-dealkylation sites (N-methyl/N-ethyl adjacent to an activating group) is 1. The summed E-state index contributed by atoms with van der Waals surface area (Å²) in [6.07, 6.45) is 0.667. The van der Waals surface area contributed by atoms with E-state index in [0.717, 1.165) is 10.6 Å². The largest absolute Gasteiger partial charge is 0.497 e. The summed E-state index contributed by atoms with van der Waals surface area (Å²) in [6, 6.07) is 7.89. The van der Waals surface area contributed by atoms with E-state index in [4.69, 9.17) is 10.5 Å². The molecule has 0 aromatic heterocycles. The van der Waals surface area contributed by atoms with Crippen LogP contribution in [-0.2, 0) is 4.79 Å². The summed E-state index contributed by atoms with van der Waals surface area (Å²) in [5.41, 5.74) is 4.76. The third-order valence-corrected chi connectivity index (χ3v) is 4.26. The van der Waals surface area contributed by atoms with Gasteiger partial charge in [-0.1, -0.05) is 13.0 Å². The summed E-state index contributed by atoms with van der Waals surface area (Å²) in [6.45, 7) is 3.92. The minimum atomic E-state index is -0.675. The molecule has 0 saturated heterocycles. The van der Waals surface area contributed by atoms with E-state index >= 15 is 0 Å². The molecule has 1 aromatic carbocycles. The Labute approximate surface area is 119 Å². The highest BCUT2D eigenvalue weighted by molar-refractivity contribution is 8.00. The van der Waals surface area contributed by atoms with Crippen LogP contribution in [0.15, 0.2) is 29.2 Å². The first kappa shape index (κ1) is 15.9. The van der Waals surface area contributed by atoms with Crippen LogP contribution in [0.3, 0.4) is 0 Å². The molecule has 5 heteroatoms. The minimum Gasteiger partial charge on any atom is -0.497 e.